The molecule has 1 unspecified atom stereocenters. The quantitative estimate of drug-likeness (QED) is 0.827. The van der Waals surface area contributed by atoms with Gasteiger partial charge in [-0.3, -0.25) is 4.72 Å². The van der Waals surface area contributed by atoms with Gasteiger partial charge in [0.05, 0.1) is 10.9 Å². The lowest BCUT2D eigenvalue weighted by Gasteiger charge is -2.17. The zero-order chi connectivity index (χ0) is 14.6. The predicted molar refractivity (Wildman–Crippen MR) is 79.2 cm³/mol. The fourth-order valence-electron chi connectivity index (χ4n) is 1.34. The van der Waals surface area contributed by atoms with E-state index in [0.717, 1.165) is 0 Å². The van der Waals surface area contributed by atoms with Crippen molar-refractivity contribution in [1.82, 2.24) is 5.32 Å². The second-order valence-electron chi connectivity index (χ2n) is 4.64. The van der Waals surface area contributed by atoms with Crippen molar-refractivity contribution in [2.24, 2.45) is 0 Å². The van der Waals surface area contributed by atoms with E-state index >= 15 is 0 Å². The molecule has 1 aromatic carbocycles. The Labute approximate surface area is 122 Å². The Bertz CT molecular complexity index is 535. The lowest BCUT2D eigenvalue weighted by molar-refractivity contribution is 0.553. The first-order valence-electron chi connectivity index (χ1n) is 5.92. The van der Waals surface area contributed by atoms with Crippen LogP contribution in [0.15, 0.2) is 22.7 Å². The monoisotopic (exact) mass is 352 g/mol. The van der Waals surface area contributed by atoms with Gasteiger partial charge in [0.15, 0.2) is 0 Å². The number of benzene rings is 1. The van der Waals surface area contributed by atoms with Gasteiger partial charge in [0.1, 0.15) is 5.82 Å². The molecule has 0 aromatic heterocycles. The molecule has 1 atom stereocenters. The van der Waals surface area contributed by atoms with Gasteiger partial charge in [0.25, 0.3) is 0 Å². The normalized spacial score (nSPS) is 13.6. The van der Waals surface area contributed by atoms with E-state index in [2.05, 4.69) is 26.0 Å². The predicted octanol–water partition coefficient (Wildman–Crippen LogP) is 2.72. The molecule has 0 saturated carbocycles. The first-order chi connectivity index (χ1) is 8.72. The maximum Gasteiger partial charge on any atom is 0.236 e. The van der Waals surface area contributed by atoms with Gasteiger partial charge in [-0.2, -0.15) is 0 Å². The molecule has 4 nitrogen and oxygen atoms in total. The molecule has 0 aliphatic rings. The van der Waals surface area contributed by atoms with E-state index < -0.39 is 21.1 Å². The van der Waals surface area contributed by atoms with Crippen LogP contribution in [-0.2, 0) is 10.0 Å². The van der Waals surface area contributed by atoms with Crippen LogP contribution in [-0.4, -0.2) is 26.3 Å². The summed E-state index contributed by atoms with van der Waals surface area (Å²) in [6.07, 6.45) is 0. The van der Waals surface area contributed by atoms with Gasteiger partial charge < -0.3 is 5.32 Å². The molecule has 2 N–H and O–H groups in total. The summed E-state index contributed by atoms with van der Waals surface area (Å²) in [4.78, 5) is 0. The van der Waals surface area contributed by atoms with E-state index in [-0.39, 0.29) is 11.7 Å². The van der Waals surface area contributed by atoms with Gasteiger partial charge in [-0.25, -0.2) is 12.8 Å². The Morgan fingerprint density at radius 2 is 1.95 bits per heavy atom. The van der Waals surface area contributed by atoms with Crippen LogP contribution in [0.5, 0.6) is 0 Å². The van der Waals surface area contributed by atoms with Crippen LogP contribution in [0.3, 0.4) is 0 Å². The van der Waals surface area contributed by atoms with Crippen molar-refractivity contribution in [2.75, 3.05) is 11.3 Å². The molecule has 7 heteroatoms. The Balaban J connectivity index is 2.78. The molecular formula is C12H18BrFN2O2S. The standard InChI is InChI=1S/C12H18BrFN2O2S/c1-8(2)15-7-9(3)19(17,18)16-12-5-4-10(13)6-11(12)14/h4-6,8-9,15-16H,7H2,1-3H3. The second-order valence-corrected chi connectivity index (χ2v) is 7.66. The van der Waals surface area contributed by atoms with Gasteiger partial charge in [-0.05, 0) is 25.1 Å². The van der Waals surface area contributed by atoms with Crippen molar-refractivity contribution >= 4 is 31.6 Å². The topological polar surface area (TPSA) is 58.2 Å². The van der Waals surface area contributed by atoms with Gasteiger partial charge in [0.2, 0.25) is 10.0 Å². The number of anilines is 1. The molecule has 1 aromatic rings. The van der Waals surface area contributed by atoms with Crippen LogP contribution in [0.25, 0.3) is 0 Å². The molecule has 0 aliphatic carbocycles. The molecule has 19 heavy (non-hydrogen) atoms. The third-order valence-corrected chi connectivity index (χ3v) is 4.75. The van der Waals surface area contributed by atoms with Crippen molar-refractivity contribution in [2.45, 2.75) is 32.1 Å². The Kier molecular flexibility index (Phi) is 5.76. The summed E-state index contributed by atoms with van der Waals surface area (Å²) in [5.74, 6) is -0.609. The fraction of sp³-hybridized carbons (Fsp3) is 0.500. The van der Waals surface area contributed by atoms with Crippen molar-refractivity contribution in [3.05, 3.63) is 28.5 Å². The van der Waals surface area contributed by atoms with E-state index in [1.165, 1.54) is 12.1 Å². The summed E-state index contributed by atoms with van der Waals surface area (Å²) in [5, 5.41) is 2.39. The maximum absolute atomic E-state index is 13.6. The van der Waals surface area contributed by atoms with Crippen LogP contribution < -0.4 is 10.0 Å². The molecule has 0 saturated heterocycles. The SMILES string of the molecule is CC(C)NCC(C)S(=O)(=O)Nc1ccc(Br)cc1F. The summed E-state index contributed by atoms with van der Waals surface area (Å²) >= 11 is 3.12. The maximum atomic E-state index is 13.6. The number of sulfonamides is 1. The van der Waals surface area contributed by atoms with E-state index in [1.54, 1.807) is 13.0 Å². The fourth-order valence-corrected chi connectivity index (χ4v) is 2.66. The first kappa shape index (κ1) is 16.4. The number of hydrogen-bond donors (Lipinski definition) is 2. The van der Waals surface area contributed by atoms with Crippen molar-refractivity contribution < 1.29 is 12.8 Å². The molecular weight excluding hydrogens is 335 g/mol. The van der Waals surface area contributed by atoms with Crippen LogP contribution in [0.2, 0.25) is 0 Å². The molecule has 1 rings (SSSR count). The second kappa shape index (κ2) is 6.67. The van der Waals surface area contributed by atoms with Gasteiger partial charge in [0, 0.05) is 17.1 Å². The third-order valence-electron chi connectivity index (χ3n) is 2.53. The van der Waals surface area contributed by atoms with Gasteiger partial charge in [-0.15, -0.1) is 0 Å². The average molecular weight is 353 g/mol. The van der Waals surface area contributed by atoms with E-state index in [4.69, 9.17) is 0 Å². The van der Waals surface area contributed by atoms with Gasteiger partial charge >= 0.3 is 0 Å². The third kappa shape index (κ3) is 5.08. The summed E-state index contributed by atoms with van der Waals surface area (Å²) in [5.41, 5.74) is -0.0420. The van der Waals surface area contributed by atoms with Crippen LogP contribution in [0.4, 0.5) is 10.1 Å². The van der Waals surface area contributed by atoms with Gasteiger partial charge in [-0.1, -0.05) is 29.8 Å². The Hall–Kier alpha value is -0.660. The smallest absolute Gasteiger partial charge is 0.236 e. The largest absolute Gasteiger partial charge is 0.313 e. The molecule has 108 valence electrons. The highest BCUT2D eigenvalue weighted by atomic mass is 79.9. The van der Waals surface area contributed by atoms with E-state index in [1.807, 2.05) is 13.8 Å². The van der Waals surface area contributed by atoms with E-state index in [0.29, 0.717) is 11.0 Å². The molecule has 0 heterocycles. The highest BCUT2D eigenvalue weighted by Crippen LogP contribution is 2.21. The lowest BCUT2D eigenvalue weighted by atomic mass is 10.3. The highest BCUT2D eigenvalue weighted by molar-refractivity contribution is 9.10. The number of nitrogens with one attached hydrogen (secondary N) is 2. The minimum absolute atomic E-state index is 0.0420. The summed E-state index contributed by atoms with van der Waals surface area (Å²) < 4.78 is 40.5. The van der Waals surface area contributed by atoms with Crippen molar-refractivity contribution in [1.29, 1.82) is 0 Å². The number of hydrogen-bond acceptors (Lipinski definition) is 3. The summed E-state index contributed by atoms with van der Waals surface area (Å²) in [7, 11) is -3.61. The highest BCUT2D eigenvalue weighted by Gasteiger charge is 2.21. The summed E-state index contributed by atoms with van der Waals surface area (Å²) in [6, 6.07) is 4.38. The molecule has 0 aliphatic heterocycles. The minimum atomic E-state index is -3.61. The lowest BCUT2D eigenvalue weighted by Crippen LogP contribution is -2.37. The molecule has 0 bridgehead atoms. The number of rotatable bonds is 6. The van der Waals surface area contributed by atoms with Crippen molar-refractivity contribution in [3.8, 4) is 0 Å². The first-order valence-corrected chi connectivity index (χ1v) is 8.26. The van der Waals surface area contributed by atoms with Crippen LogP contribution in [0, 0.1) is 5.82 Å². The van der Waals surface area contributed by atoms with Crippen LogP contribution in [0.1, 0.15) is 20.8 Å². The molecule has 0 spiro atoms. The average Bonchev–Trinajstić information content (AvgIpc) is 2.29. The zero-order valence-electron chi connectivity index (χ0n) is 11.1. The van der Waals surface area contributed by atoms with Crippen LogP contribution >= 0.6 is 15.9 Å². The summed E-state index contributed by atoms with van der Waals surface area (Å²) in [6.45, 7) is 5.75. The molecule has 0 amide bonds. The minimum Gasteiger partial charge on any atom is -0.313 e. The number of halogens is 2. The van der Waals surface area contributed by atoms with E-state index in [9.17, 15) is 12.8 Å². The van der Waals surface area contributed by atoms with Crippen molar-refractivity contribution in [3.63, 3.8) is 0 Å². The molecule has 0 fully saturated rings. The zero-order valence-corrected chi connectivity index (χ0v) is 13.5. The molecule has 0 radical (unpaired) electrons. The Morgan fingerprint density at radius 1 is 1.32 bits per heavy atom. The Morgan fingerprint density at radius 3 is 2.47 bits per heavy atom.